The number of hydrogen-bond acceptors (Lipinski definition) is 3. The van der Waals surface area contributed by atoms with Gasteiger partial charge >= 0.3 is 0 Å². The average Bonchev–Trinajstić information content (AvgIpc) is 2.40. The van der Waals surface area contributed by atoms with E-state index in [4.69, 9.17) is 4.74 Å². The third kappa shape index (κ3) is 3.01. The van der Waals surface area contributed by atoms with Gasteiger partial charge in [0.15, 0.2) is 11.6 Å². The molecule has 0 amide bonds. The van der Waals surface area contributed by atoms with E-state index in [0.717, 1.165) is 0 Å². The largest absolute Gasteiger partial charge is 0.493 e. The van der Waals surface area contributed by atoms with Gasteiger partial charge in [0.2, 0.25) is 0 Å². The fourth-order valence-electron chi connectivity index (χ4n) is 2.43. The van der Waals surface area contributed by atoms with Crippen molar-refractivity contribution in [3.05, 3.63) is 29.6 Å². The Morgan fingerprint density at radius 3 is 2.53 bits per heavy atom. The van der Waals surface area contributed by atoms with E-state index in [1.807, 2.05) is 0 Å². The highest BCUT2D eigenvalue weighted by molar-refractivity contribution is 5.38. The maximum atomic E-state index is 13.6. The number of nitrogens with zero attached hydrogens (tertiary/aromatic N) is 1. The van der Waals surface area contributed by atoms with Crippen LogP contribution in [0.2, 0.25) is 0 Å². The van der Waals surface area contributed by atoms with Gasteiger partial charge in [-0.1, -0.05) is 12.1 Å². The minimum absolute atomic E-state index is 0.0914. The molecule has 1 aliphatic rings. The maximum absolute atomic E-state index is 13.6. The minimum atomic E-state index is -2.59. The van der Waals surface area contributed by atoms with Crippen LogP contribution in [0.3, 0.4) is 0 Å². The number of halogens is 3. The van der Waals surface area contributed by atoms with Crippen LogP contribution in [0.1, 0.15) is 11.6 Å². The summed E-state index contributed by atoms with van der Waals surface area (Å²) < 4.78 is 45.3. The van der Waals surface area contributed by atoms with Gasteiger partial charge in [-0.2, -0.15) is 0 Å². The summed E-state index contributed by atoms with van der Waals surface area (Å²) in [6, 6.07) is 3.02. The Morgan fingerprint density at radius 1 is 1.26 bits per heavy atom. The van der Waals surface area contributed by atoms with Gasteiger partial charge in [0.25, 0.3) is 6.43 Å². The van der Waals surface area contributed by atoms with Gasteiger partial charge in [0.05, 0.1) is 7.11 Å². The maximum Gasteiger partial charge on any atom is 0.258 e. The third-order valence-corrected chi connectivity index (χ3v) is 3.30. The molecule has 1 aromatic rings. The molecule has 1 N–H and O–H groups in total. The number of piperazine rings is 1. The zero-order valence-corrected chi connectivity index (χ0v) is 10.7. The van der Waals surface area contributed by atoms with E-state index in [1.54, 1.807) is 4.90 Å². The number of benzene rings is 1. The number of alkyl halides is 2. The van der Waals surface area contributed by atoms with Crippen molar-refractivity contribution in [1.82, 2.24) is 10.2 Å². The van der Waals surface area contributed by atoms with Crippen LogP contribution in [0.15, 0.2) is 18.2 Å². The van der Waals surface area contributed by atoms with Gasteiger partial charge in [-0.05, 0) is 6.07 Å². The molecule has 19 heavy (non-hydrogen) atoms. The number of ether oxygens (including phenoxy) is 1. The Kier molecular flexibility index (Phi) is 4.66. The zero-order chi connectivity index (χ0) is 13.8. The molecule has 1 aromatic carbocycles. The first-order valence-corrected chi connectivity index (χ1v) is 6.20. The first-order valence-electron chi connectivity index (χ1n) is 6.20. The molecule has 1 heterocycles. The van der Waals surface area contributed by atoms with Crippen LogP contribution in [0.5, 0.6) is 5.75 Å². The molecule has 0 unspecified atom stereocenters. The molecule has 1 saturated heterocycles. The van der Waals surface area contributed by atoms with E-state index in [1.165, 1.54) is 25.3 Å². The van der Waals surface area contributed by atoms with Crippen LogP contribution >= 0.6 is 0 Å². The normalized spacial score (nSPS) is 18.6. The van der Waals surface area contributed by atoms with Crippen molar-refractivity contribution in [2.75, 3.05) is 33.3 Å². The highest BCUT2D eigenvalue weighted by Crippen LogP contribution is 2.35. The van der Waals surface area contributed by atoms with Crippen LogP contribution in [0.25, 0.3) is 0 Å². The molecular weight excluding hydrogens is 257 g/mol. The Balaban J connectivity index is 2.35. The second-order valence-corrected chi connectivity index (χ2v) is 4.43. The Hall–Kier alpha value is -1.27. The second kappa shape index (κ2) is 6.25. The summed E-state index contributed by atoms with van der Waals surface area (Å²) >= 11 is 0. The van der Waals surface area contributed by atoms with Crippen molar-refractivity contribution in [3.8, 4) is 5.75 Å². The van der Waals surface area contributed by atoms with Crippen LogP contribution in [-0.4, -0.2) is 44.6 Å². The molecule has 0 bridgehead atoms. The van der Waals surface area contributed by atoms with Gasteiger partial charge in [0.1, 0.15) is 6.04 Å². The molecule has 1 fully saturated rings. The Labute approximate surface area is 110 Å². The molecule has 0 radical (unpaired) electrons. The quantitative estimate of drug-likeness (QED) is 0.909. The summed E-state index contributed by atoms with van der Waals surface area (Å²) in [6.45, 7) is 2.32. The van der Waals surface area contributed by atoms with E-state index in [9.17, 15) is 13.2 Å². The molecule has 0 aliphatic carbocycles. The fraction of sp³-hybridized carbons (Fsp3) is 0.538. The highest BCUT2D eigenvalue weighted by atomic mass is 19.3. The number of hydrogen-bond donors (Lipinski definition) is 1. The van der Waals surface area contributed by atoms with Gasteiger partial charge in [-0.15, -0.1) is 0 Å². The number of para-hydroxylation sites is 1. The predicted octanol–water partition coefficient (Wildman–Crippen LogP) is 2.05. The summed E-state index contributed by atoms with van der Waals surface area (Å²) in [4.78, 5) is 1.67. The Morgan fingerprint density at radius 2 is 1.95 bits per heavy atom. The van der Waals surface area contributed by atoms with Crippen molar-refractivity contribution in [2.24, 2.45) is 0 Å². The van der Waals surface area contributed by atoms with E-state index in [0.29, 0.717) is 26.2 Å². The summed E-state index contributed by atoms with van der Waals surface area (Å²) in [6.07, 6.45) is -2.59. The number of rotatable bonds is 4. The van der Waals surface area contributed by atoms with Gasteiger partial charge in [-0.25, -0.2) is 13.2 Å². The zero-order valence-electron chi connectivity index (χ0n) is 10.7. The first-order chi connectivity index (χ1) is 9.15. The topological polar surface area (TPSA) is 24.5 Å². The standard InChI is InChI=1S/C13H17F3N2O/c1-19-12-9(3-2-4-10(12)14)11(13(15)16)18-7-5-17-6-8-18/h2-4,11,13,17H,5-8H2,1H3/t11-/m1/s1. The van der Waals surface area contributed by atoms with E-state index in [-0.39, 0.29) is 11.3 Å². The average molecular weight is 274 g/mol. The Bertz CT molecular complexity index is 422. The molecule has 2 rings (SSSR count). The molecule has 1 aliphatic heterocycles. The molecule has 0 aromatic heterocycles. The van der Waals surface area contributed by atoms with Crippen LogP contribution in [0.4, 0.5) is 13.2 Å². The van der Waals surface area contributed by atoms with Gasteiger partial charge < -0.3 is 10.1 Å². The number of methoxy groups -OCH3 is 1. The van der Waals surface area contributed by atoms with E-state index in [2.05, 4.69) is 5.32 Å². The van der Waals surface area contributed by atoms with Crippen LogP contribution < -0.4 is 10.1 Å². The lowest BCUT2D eigenvalue weighted by Gasteiger charge is -2.35. The lowest BCUT2D eigenvalue weighted by molar-refractivity contribution is 0.0168. The fourth-order valence-corrected chi connectivity index (χ4v) is 2.43. The predicted molar refractivity (Wildman–Crippen MR) is 66.1 cm³/mol. The molecule has 0 saturated carbocycles. The molecule has 106 valence electrons. The monoisotopic (exact) mass is 274 g/mol. The van der Waals surface area contributed by atoms with Crippen LogP contribution in [0, 0.1) is 5.82 Å². The van der Waals surface area contributed by atoms with E-state index >= 15 is 0 Å². The van der Waals surface area contributed by atoms with Crippen LogP contribution in [-0.2, 0) is 0 Å². The van der Waals surface area contributed by atoms with Crippen molar-refractivity contribution in [2.45, 2.75) is 12.5 Å². The number of nitrogens with one attached hydrogen (secondary N) is 1. The molecule has 3 nitrogen and oxygen atoms in total. The summed E-state index contributed by atoms with van der Waals surface area (Å²) in [7, 11) is 1.29. The SMILES string of the molecule is COc1c(F)cccc1[C@H](C(F)F)N1CCNCC1. The van der Waals surface area contributed by atoms with E-state index < -0.39 is 18.3 Å². The summed E-state index contributed by atoms with van der Waals surface area (Å²) in [5.41, 5.74) is 0.208. The van der Waals surface area contributed by atoms with Gasteiger partial charge in [-0.3, -0.25) is 4.90 Å². The van der Waals surface area contributed by atoms with Crippen molar-refractivity contribution < 1.29 is 17.9 Å². The molecule has 0 spiro atoms. The van der Waals surface area contributed by atoms with Crippen molar-refractivity contribution in [1.29, 1.82) is 0 Å². The molecule has 1 atom stereocenters. The first kappa shape index (κ1) is 14.1. The van der Waals surface area contributed by atoms with Crippen molar-refractivity contribution in [3.63, 3.8) is 0 Å². The molecule has 6 heteroatoms. The third-order valence-electron chi connectivity index (χ3n) is 3.30. The lowest BCUT2D eigenvalue weighted by atomic mass is 10.0. The minimum Gasteiger partial charge on any atom is -0.493 e. The summed E-state index contributed by atoms with van der Waals surface area (Å²) in [5.74, 6) is -0.702. The van der Waals surface area contributed by atoms with Crippen molar-refractivity contribution >= 4 is 0 Å². The smallest absolute Gasteiger partial charge is 0.258 e. The van der Waals surface area contributed by atoms with Gasteiger partial charge in [0, 0.05) is 31.7 Å². The second-order valence-electron chi connectivity index (χ2n) is 4.43. The summed E-state index contributed by atoms with van der Waals surface area (Å²) in [5, 5.41) is 3.11. The lowest BCUT2D eigenvalue weighted by Crippen LogP contribution is -2.47. The highest BCUT2D eigenvalue weighted by Gasteiger charge is 2.33. The molecular formula is C13H17F3N2O.